The smallest absolute Gasteiger partial charge is 0.340 e. The van der Waals surface area contributed by atoms with Crippen molar-refractivity contribution < 1.29 is 19.1 Å². The number of aromatic nitrogens is 2. The highest BCUT2D eigenvalue weighted by molar-refractivity contribution is 6.00. The fraction of sp³-hybridized carbons (Fsp3) is 0.476. The third-order valence-electron chi connectivity index (χ3n) is 4.97. The summed E-state index contributed by atoms with van der Waals surface area (Å²) in [6.07, 6.45) is 1.96. The number of nitrogens with zero attached hydrogens (tertiary/aromatic N) is 2. The summed E-state index contributed by atoms with van der Waals surface area (Å²) in [5.74, 6) is 0.215. The van der Waals surface area contributed by atoms with Gasteiger partial charge in [0.2, 0.25) is 0 Å². The Labute approximate surface area is 170 Å². The zero-order valence-electron chi connectivity index (χ0n) is 17.4. The fourth-order valence-electron chi connectivity index (χ4n) is 3.49. The van der Waals surface area contributed by atoms with E-state index in [4.69, 9.17) is 9.47 Å². The van der Waals surface area contributed by atoms with Gasteiger partial charge in [-0.05, 0) is 44.9 Å². The van der Waals surface area contributed by atoms with Crippen molar-refractivity contribution in [1.29, 1.82) is 0 Å². The van der Waals surface area contributed by atoms with E-state index in [1.54, 1.807) is 27.0 Å². The number of rotatable bonds is 6. The highest BCUT2D eigenvalue weighted by Gasteiger charge is 2.23. The van der Waals surface area contributed by atoms with Gasteiger partial charge in [-0.25, -0.2) is 9.78 Å². The van der Waals surface area contributed by atoms with Crippen LogP contribution in [0.25, 0.3) is 0 Å². The van der Waals surface area contributed by atoms with E-state index in [0.29, 0.717) is 35.7 Å². The lowest BCUT2D eigenvalue weighted by molar-refractivity contribution is 0.0522. The number of pyridine rings is 1. The number of hydrogen-bond acceptors (Lipinski definition) is 6. The molecule has 1 amide bonds. The zero-order chi connectivity index (χ0) is 21.0. The Morgan fingerprint density at radius 2 is 2.17 bits per heavy atom. The lowest BCUT2D eigenvalue weighted by Gasteiger charge is -2.32. The Bertz CT molecular complexity index is 876. The van der Waals surface area contributed by atoms with E-state index in [9.17, 15) is 9.59 Å². The SMILES string of the molecule is CCOC(=O)c1c(C)[nH]c(C(=O)NCc2ccc(N3CCOC(C)C3)nc2)c1C. The molecule has 1 atom stereocenters. The Morgan fingerprint density at radius 1 is 1.38 bits per heavy atom. The fourth-order valence-corrected chi connectivity index (χ4v) is 3.49. The van der Waals surface area contributed by atoms with Crippen LogP contribution in [0.5, 0.6) is 0 Å². The Kier molecular flexibility index (Phi) is 6.53. The third-order valence-corrected chi connectivity index (χ3v) is 4.97. The Balaban J connectivity index is 1.62. The number of morpholine rings is 1. The van der Waals surface area contributed by atoms with Crippen LogP contribution in [0, 0.1) is 13.8 Å². The van der Waals surface area contributed by atoms with E-state index >= 15 is 0 Å². The molecule has 1 unspecified atom stereocenters. The van der Waals surface area contributed by atoms with E-state index in [0.717, 1.165) is 24.5 Å². The van der Waals surface area contributed by atoms with Crippen molar-refractivity contribution in [3.63, 3.8) is 0 Å². The van der Waals surface area contributed by atoms with Gasteiger partial charge in [0.25, 0.3) is 5.91 Å². The minimum atomic E-state index is -0.421. The first-order valence-electron chi connectivity index (χ1n) is 9.86. The molecule has 2 N–H and O–H groups in total. The molecule has 1 aliphatic rings. The molecule has 8 nitrogen and oxygen atoms in total. The summed E-state index contributed by atoms with van der Waals surface area (Å²) in [4.78, 5) is 34.4. The maximum atomic E-state index is 12.6. The van der Waals surface area contributed by atoms with Crippen LogP contribution in [0.15, 0.2) is 18.3 Å². The van der Waals surface area contributed by atoms with Gasteiger partial charge in [-0.15, -0.1) is 0 Å². The zero-order valence-corrected chi connectivity index (χ0v) is 17.4. The lowest BCUT2D eigenvalue weighted by atomic mass is 10.1. The minimum absolute atomic E-state index is 0.191. The van der Waals surface area contributed by atoms with Gasteiger partial charge in [-0.2, -0.15) is 0 Å². The lowest BCUT2D eigenvalue weighted by Crippen LogP contribution is -2.41. The number of amides is 1. The van der Waals surface area contributed by atoms with Crippen LogP contribution < -0.4 is 10.2 Å². The van der Waals surface area contributed by atoms with Crippen molar-refractivity contribution in [1.82, 2.24) is 15.3 Å². The number of carbonyl (C=O) groups excluding carboxylic acids is 2. The molecule has 0 radical (unpaired) electrons. The molecule has 0 saturated carbocycles. The molecule has 2 aromatic heterocycles. The first kappa shape index (κ1) is 20.9. The van der Waals surface area contributed by atoms with Gasteiger partial charge in [0.05, 0.1) is 24.9 Å². The van der Waals surface area contributed by atoms with Crippen LogP contribution in [-0.2, 0) is 16.0 Å². The quantitative estimate of drug-likeness (QED) is 0.723. The second-order valence-electron chi connectivity index (χ2n) is 7.18. The maximum Gasteiger partial charge on any atom is 0.340 e. The number of esters is 1. The van der Waals surface area contributed by atoms with E-state index in [1.807, 2.05) is 19.1 Å². The van der Waals surface area contributed by atoms with Crippen LogP contribution in [0.1, 0.15) is 51.5 Å². The summed E-state index contributed by atoms with van der Waals surface area (Å²) in [6, 6.07) is 3.92. The van der Waals surface area contributed by atoms with Gasteiger partial charge in [0.15, 0.2) is 0 Å². The summed E-state index contributed by atoms with van der Waals surface area (Å²) in [5, 5.41) is 2.88. The van der Waals surface area contributed by atoms with Gasteiger partial charge in [0.1, 0.15) is 11.5 Å². The summed E-state index contributed by atoms with van der Waals surface area (Å²) in [7, 11) is 0. The highest BCUT2D eigenvalue weighted by Crippen LogP contribution is 2.19. The molecule has 1 aliphatic heterocycles. The predicted octanol–water partition coefficient (Wildman–Crippen LogP) is 2.36. The molecule has 3 heterocycles. The van der Waals surface area contributed by atoms with Crippen LogP contribution in [0.3, 0.4) is 0 Å². The third kappa shape index (κ3) is 4.76. The molecule has 1 saturated heterocycles. The number of H-pyrrole nitrogens is 1. The first-order valence-corrected chi connectivity index (χ1v) is 9.86. The summed E-state index contributed by atoms with van der Waals surface area (Å²) >= 11 is 0. The van der Waals surface area contributed by atoms with E-state index in [-0.39, 0.29) is 18.6 Å². The number of nitrogens with one attached hydrogen (secondary N) is 2. The van der Waals surface area contributed by atoms with Gasteiger partial charge in [-0.1, -0.05) is 6.07 Å². The van der Waals surface area contributed by atoms with E-state index in [1.165, 1.54) is 0 Å². The van der Waals surface area contributed by atoms with Gasteiger partial charge >= 0.3 is 5.97 Å². The number of hydrogen-bond donors (Lipinski definition) is 2. The van der Waals surface area contributed by atoms with Crippen molar-refractivity contribution >= 4 is 17.7 Å². The van der Waals surface area contributed by atoms with Crippen molar-refractivity contribution in [2.24, 2.45) is 0 Å². The average molecular weight is 400 g/mol. The van der Waals surface area contributed by atoms with Crippen molar-refractivity contribution in [2.75, 3.05) is 31.2 Å². The largest absolute Gasteiger partial charge is 0.462 e. The normalized spacial score (nSPS) is 16.6. The van der Waals surface area contributed by atoms with Crippen molar-refractivity contribution in [3.8, 4) is 0 Å². The second-order valence-corrected chi connectivity index (χ2v) is 7.18. The molecule has 0 aliphatic carbocycles. The monoisotopic (exact) mass is 400 g/mol. The highest BCUT2D eigenvalue weighted by atomic mass is 16.5. The molecule has 156 valence electrons. The van der Waals surface area contributed by atoms with Crippen LogP contribution in [0.4, 0.5) is 5.82 Å². The minimum Gasteiger partial charge on any atom is -0.462 e. The van der Waals surface area contributed by atoms with Crippen LogP contribution in [0.2, 0.25) is 0 Å². The Hall–Kier alpha value is -2.87. The van der Waals surface area contributed by atoms with Gasteiger partial charge in [-0.3, -0.25) is 4.79 Å². The number of ether oxygens (including phenoxy) is 2. The first-order chi connectivity index (χ1) is 13.9. The molecule has 8 heteroatoms. The molecule has 0 spiro atoms. The van der Waals surface area contributed by atoms with Gasteiger partial charge < -0.3 is 24.7 Å². The summed E-state index contributed by atoms with van der Waals surface area (Å²) in [5.41, 5.74) is 2.90. The standard InChI is InChI=1S/C21H28N4O4/c1-5-28-21(27)18-14(3)19(24-15(18)4)20(26)23-11-16-6-7-17(22-10-16)25-8-9-29-13(2)12-25/h6-7,10,13,24H,5,8-9,11-12H2,1-4H3,(H,23,26). The molecular weight excluding hydrogens is 372 g/mol. The predicted molar refractivity (Wildman–Crippen MR) is 109 cm³/mol. The van der Waals surface area contributed by atoms with E-state index in [2.05, 4.69) is 20.2 Å². The molecule has 2 aromatic rings. The number of anilines is 1. The van der Waals surface area contributed by atoms with Crippen LogP contribution >= 0.6 is 0 Å². The summed E-state index contributed by atoms with van der Waals surface area (Å²) < 4.78 is 10.6. The van der Waals surface area contributed by atoms with Crippen LogP contribution in [-0.4, -0.2) is 54.3 Å². The average Bonchev–Trinajstić information content (AvgIpc) is 3.01. The second kappa shape index (κ2) is 9.09. The van der Waals surface area contributed by atoms with Crippen molar-refractivity contribution in [3.05, 3.63) is 46.4 Å². The topological polar surface area (TPSA) is 96.5 Å². The van der Waals surface area contributed by atoms with Gasteiger partial charge in [0, 0.05) is 31.5 Å². The molecule has 3 rings (SSSR count). The van der Waals surface area contributed by atoms with Crippen molar-refractivity contribution in [2.45, 2.75) is 40.3 Å². The van der Waals surface area contributed by atoms with E-state index < -0.39 is 5.97 Å². The number of carbonyl (C=O) groups is 2. The Morgan fingerprint density at radius 3 is 2.83 bits per heavy atom. The molecule has 0 aromatic carbocycles. The summed E-state index contributed by atoms with van der Waals surface area (Å²) in [6.45, 7) is 10.3. The molecule has 0 bridgehead atoms. The maximum absolute atomic E-state index is 12.6. The number of aromatic amines is 1. The molecule has 1 fully saturated rings. The number of aryl methyl sites for hydroxylation is 1. The molecular formula is C21H28N4O4. The molecule has 29 heavy (non-hydrogen) atoms.